The zero-order valence-electron chi connectivity index (χ0n) is 13.3. The number of hydrogen-bond acceptors (Lipinski definition) is 5. The second-order valence-corrected chi connectivity index (χ2v) is 5.56. The molecule has 1 aromatic heterocycles. The minimum absolute atomic E-state index is 0.0429. The van der Waals surface area contributed by atoms with Crippen LogP contribution in [0.1, 0.15) is 35.8 Å². The summed E-state index contributed by atoms with van der Waals surface area (Å²) < 4.78 is 26.6. The second-order valence-electron chi connectivity index (χ2n) is 5.56. The molecule has 0 aliphatic carbocycles. The van der Waals surface area contributed by atoms with Gasteiger partial charge in [0.2, 0.25) is 5.43 Å². The summed E-state index contributed by atoms with van der Waals surface area (Å²) in [6, 6.07) is 2.80. The first-order chi connectivity index (χ1) is 11.5. The molecule has 124 valence electrons. The van der Waals surface area contributed by atoms with Crippen LogP contribution in [0.2, 0.25) is 0 Å². The minimum atomic E-state index is -0.741. The smallest absolute Gasteiger partial charge is 0.343 e. The number of nitriles is 1. The summed E-state index contributed by atoms with van der Waals surface area (Å²) in [5.41, 5.74) is -0.232. The molecule has 0 N–H and O–H groups in total. The SMILES string of the molecule is CCOC(=O)c1cn2c3c(c(CC#N)c(F)cc3c1=O)OC[C@@H]2C. The topological polar surface area (TPSA) is 81.3 Å². The Labute approximate surface area is 137 Å². The molecule has 1 aromatic carbocycles. The molecule has 3 rings (SSSR count). The van der Waals surface area contributed by atoms with Crippen LogP contribution in [0.5, 0.6) is 5.75 Å². The van der Waals surface area contributed by atoms with Crippen molar-refractivity contribution in [2.75, 3.05) is 13.2 Å². The first-order valence-electron chi connectivity index (χ1n) is 7.56. The van der Waals surface area contributed by atoms with E-state index in [1.165, 1.54) is 6.20 Å². The van der Waals surface area contributed by atoms with Gasteiger partial charge in [-0.05, 0) is 19.9 Å². The molecule has 0 spiro atoms. The van der Waals surface area contributed by atoms with Crippen LogP contribution in [0.4, 0.5) is 4.39 Å². The van der Waals surface area contributed by atoms with Gasteiger partial charge >= 0.3 is 5.97 Å². The summed E-state index contributed by atoms with van der Waals surface area (Å²) in [5.74, 6) is -1.25. The first kappa shape index (κ1) is 16.0. The fourth-order valence-electron chi connectivity index (χ4n) is 2.88. The van der Waals surface area contributed by atoms with Crippen LogP contribution in [0.15, 0.2) is 17.1 Å². The zero-order chi connectivity index (χ0) is 17.4. The normalized spacial score (nSPS) is 15.7. The molecule has 24 heavy (non-hydrogen) atoms. The van der Waals surface area contributed by atoms with Gasteiger partial charge in [0.05, 0.1) is 36.0 Å². The van der Waals surface area contributed by atoms with E-state index < -0.39 is 17.2 Å². The van der Waals surface area contributed by atoms with Crippen LogP contribution in [-0.4, -0.2) is 23.8 Å². The second kappa shape index (κ2) is 5.96. The van der Waals surface area contributed by atoms with Crippen molar-refractivity contribution >= 4 is 16.9 Å². The van der Waals surface area contributed by atoms with E-state index in [1.54, 1.807) is 11.5 Å². The van der Waals surface area contributed by atoms with Crippen molar-refractivity contribution in [2.45, 2.75) is 26.3 Å². The van der Waals surface area contributed by atoms with Crippen molar-refractivity contribution in [3.63, 3.8) is 0 Å². The number of pyridine rings is 1. The maximum Gasteiger partial charge on any atom is 0.343 e. The lowest BCUT2D eigenvalue weighted by molar-refractivity contribution is 0.0523. The monoisotopic (exact) mass is 330 g/mol. The average Bonchev–Trinajstić information content (AvgIpc) is 2.55. The Bertz CT molecular complexity index is 942. The molecule has 1 atom stereocenters. The van der Waals surface area contributed by atoms with Gasteiger partial charge in [-0.3, -0.25) is 4.79 Å². The number of carbonyl (C=O) groups is 1. The van der Waals surface area contributed by atoms with E-state index in [0.29, 0.717) is 5.52 Å². The van der Waals surface area contributed by atoms with E-state index in [-0.39, 0.29) is 47.9 Å². The highest BCUT2D eigenvalue weighted by atomic mass is 19.1. The van der Waals surface area contributed by atoms with Crippen molar-refractivity contribution in [1.82, 2.24) is 4.57 Å². The van der Waals surface area contributed by atoms with Crippen molar-refractivity contribution < 1.29 is 18.7 Å². The molecule has 0 fully saturated rings. The van der Waals surface area contributed by atoms with Gasteiger partial charge in [0.25, 0.3) is 0 Å². The summed E-state index contributed by atoms with van der Waals surface area (Å²) in [6.45, 7) is 3.88. The van der Waals surface area contributed by atoms with Crippen LogP contribution in [0.25, 0.3) is 10.9 Å². The largest absolute Gasteiger partial charge is 0.489 e. The summed E-state index contributed by atoms with van der Waals surface area (Å²) in [4.78, 5) is 24.7. The van der Waals surface area contributed by atoms with Crippen LogP contribution in [-0.2, 0) is 11.2 Å². The highest BCUT2D eigenvalue weighted by molar-refractivity contribution is 5.96. The number of halogens is 1. The average molecular weight is 330 g/mol. The van der Waals surface area contributed by atoms with Gasteiger partial charge in [-0.2, -0.15) is 5.26 Å². The molecule has 0 bridgehead atoms. The summed E-state index contributed by atoms with van der Waals surface area (Å²) in [7, 11) is 0. The van der Waals surface area contributed by atoms with Gasteiger partial charge in [-0.15, -0.1) is 0 Å². The lowest BCUT2D eigenvalue weighted by Crippen LogP contribution is -2.28. The number of nitrogens with zero attached hydrogens (tertiary/aromatic N) is 2. The van der Waals surface area contributed by atoms with Gasteiger partial charge in [0.15, 0.2) is 5.75 Å². The van der Waals surface area contributed by atoms with Crippen molar-refractivity contribution in [3.8, 4) is 11.8 Å². The Morgan fingerprint density at radius 1 is 1.58 bits per heavy atom. The number of ether oxygens (including phenoxy) is 2. The van der Waals surface area contributed by atoms with Crippen LogP contribution < -0.4 is 10.2 Å². The summed E-state index contributed by atoms with van der Waals surface area (Å²) in [6.07, 6.45) is 1.26. The Hall–Kier alpha value is -2.88. The van der Waals surface area contributed by atoms with Crippen LogP contribution in [0.3, 0.4) is 0 Å². The van der Waals surface area contributed by atoms with E-state index in [1.807, 2.05) is 13.0 Å². The lowest BCUT2D eigenvalue weighted by atomic mass is 10.0. The van der Waals surface area contributed by atoms with Crippen molar-refractivity contribution in [1.29, 1.82) is 5.26 Å². The molecule has 0 amide bonds. The number of esters is 1. The maximum absolute atomic E-state index is 14.4. The third-order valence-corrected chi connectivity index (χ3v) is 4.01. The Morgan fingerprint density at radius 3 is 3.00 bits per heavy atom. The fourth-order valence-corrected chi connectivity index (χ4v) is 2.88. The molecule has 0 unspecified atom stereocenters. The van der Waals surface area contributed by atoms with E-state index in [2.05, 4.69) is 0 Å². The number of hydrogen-bond donors (Lipinski definition) is 0. The molecular weight excluding hydrogens is 315 g/mol. The third-order valence-electron chi connectivity index (χ3n) is 4.01. The molecule has 0 saturated carbocycles. The Kier molecular flexibility index (Phi) is 3.97. The fraction of sp³-hybridized carbons (Fsp3) is 0.353. The number of aromatic nitrogens is 1. The van der Waals surface area contributed by atoms with Gasteiger partial charge < -0.3 is 14.0 Å². The Morgan fingerprint density at radius 2 is 2.33 bits per heavy atom. The van der Waals surface area contributed by atoms with Gasteiger partial charge in [-0.1, -0.05) is 0 Å². The summed E-state index contributed by atoms with van der Waals surface area (Å²) >= 11 is 0. The highest BCUT2D eigenvalue weighted by Crippen LogP contribution is 2.36. The number of rotatable bonds is 3. The van der Waals surface area contributed by atoms with E-state index in [0.717, 1.165) is 6.07 Å². The third kappa shape index (κ3) is 2.31. The maximum atomic E-state index is 14.4. The van der Waals surface area contributed by atoms with Crippen LogP contribution in [0, 0.1) is 17.1 Å². The molecule has 0 saturated heterocycles. The predicted molar refractivity (Wildman–Crippen MR) is 83.6 cm³/mol. The van der Waals surface area contributed by atoms with E-state index in [4.69, 9.17) is 14.7 Å². The molecular formula is C17H15FN2O4. The minimum Gasteiger partial charge on any atom is -0.489 e. The lowest BCUT2D eigenvalue weighted by Gasteiger charge is -2.28. The van der Waals surface area contributed by atoms with Gasteiger partial charge in [0, 0.05) is 11.8 Å². The van der Waals surface area contributed by atoms with Crippen molar-refractivity contribution in [2.24, 2.45) is 0 Å². The van der Waals surface area contributed by atoms with Crippen LogP contribution >= 0.6 is 0 Å². The molecule has 2 heterocycles. The molecule has 1 aliphatic heterocycles. The summed E-state index contributed by atoms with van der Waals surface area (Å²) in [5, 5.41) is 8.95. The van der Waals surface area contributed by atoms with E-state index in [9.17, 15) is 14.0 Å². The van der Waals surface area contributed by atoms with Gasteiger partial charge in [0.1, 0.15) is 18.0 Å². The highest BCUT2D eigenvalue weighted by Gasteiger charge is 2.28. The number of benzene rings is 1. The zero-order valence-corrected chi connectivity index (χ0v) is 13.3. The molecule has 2 aromatic rings. The van der Waals surface area contributed by atoms with Gasteiger partial charge in [-0.25, -0.2) is 9.18 Å². The predicted octanol–water partition coefficient (Wildman–Crippen LogP) is 2.34. The molecule has 0 radical (unpaired) electrons. The Balaban J connectivity index is 2.40. The molecule has 6 nitrogen and oxygen atoms in total. The molecule has 1 aliphatic rings. The van der Waals surface area contributed by atoms with Crippen molar-refractivity contribution in [3.05, 3.63) is 39.4 Å². The van der Waals surface area contributed by atoms with E-state index >= 15 is 0 Å². The standard InChI is InChI=1S/C17H15FN2O4/c1-3-23-17(22)12-7-20-9(2)8-24-16-10(4-5-19)13(18)6-11(14(16)20)15(12)21/h6-7,9H,3-4,8H2,1-2H3/t9-/m0/s1. The quantitative estimate of drug-likeness (QED) is 0.807. The molecule has 7 heteroatoms. The first-order valence-corrected chi connectivity index (χ1v) is 7.56. The number of carbonyl (C=O) groups excluding carboxylic acids is 1.